The fraction of sp³-hybridized carbons (Fsp3) is 0.500. The van der Waals surface area contributed by atoms with Gasteiger partial charge in [-0.25, -0.2) is 0 Å². The Morgan fingerprint density at radius 3 is 1.92 bits per heavy atom. The van der Waals surface area contributed by atoms with Gasteiger partial charge in [0.15, 0.2) is 0 Å². The van der Waals surface area contributed by atoms with Gasteiger partial charge < -0.3 is 5.73 Å². The van der Waals surface area contributed by atoms with Crippen molar-refractivity contribution in [1.29, 1.82) is 0 Å². The molecule has 0 radical (unpaired) electrons. The second kappa shape index (κ2) is 5.03. The molecule has 0 heterocycles. The predicted octanol–water partition coefficient (Wildman–Crippen LogP) is 3.19. The second-order valence-corrected chi connectivity index (χ2v) is 3.70. The number of rotatable bonds is 4. The average molecular weight is 179 g/mol. The quantitative estimate of drug-likeness (QED) is 0.659. The van der Waals surface area contributed by atoms with Gasteiger partial charge in [-0.15, -0.1) is 0 Å². The summed E-state index contributed by atoms with van der Waals surface area (Å²) >= 11 is 0. The first-order valence-electron chi connectivity index (χ1n) is 4.69. The molecule has 1 atom stereocenters. The van der Waals surface area contributed by atoms with Crippen LogP contribution in [0.25, 0.3) is 0 Å². The van der Waals surface area contributed by atoms with E-state index in [9.17, 15) is 0 Å². The van der Waals surface area contributed by atoms with Gasteiger partial charge in [-0.3, -0.25) is 0 Å². The lowest BCUT2D eigenvalue weighted by molar-refractivity contribution is 0.748. The Hall–Kier alpha value is -0.820. The fourth-order valence-corrected chi connectivity index (χ4v) is 1.45. The summed E-state index contributed by atoms with van der Waals surface area (Å²) in [5.74, 6) is 0. The molecule has 0 aromatic rings. The maximum Gasteiger partial charge on any atom is 0.0292 e. The van der Waals surface area contributed by atoms with Gasteiger partial charge in [-0.1, -0.05) is 31.2 Å². The smallest absolute Gasteiger partial charge is 0.0292 e. The summed E-state index contributed by atoms with van der Waals surface area (Å²) in [6.45, 7) is 16.2. The zero-order chi connectivity index (χ0) is 10.6. The predicted molar refractivity (Wildman–Crippen MR) is 60.6 cm³/mol. The van der Waals surface area contributed by atoms with E-state index in [0.29, 0.717) is 0 Å². The van der Waals surface area contributed by atoms with Crippen LogP contribution in [0.3, 0.4) is 0 Å². The average Bonchev–Trinajstić information content (AvgIpc) is 2.01. The summed E-state index contributed by atoms with van der Waals surface area (Å²) in [7, 11) is 0. The first-order chi connectivity index (χ1) is 5.91. The van der Waals surface area contributed by atoms with E-state index in [0.717, 1.165) is 23.1 Å². The summed E-state index contributed by atoms with van der Waals surface area (Å²) < 4.78 is 0. The lowest BCUT2D eigenvalue weighted by Crippen LogP contribution is -2.22. The molecule has 1 unspecified atom stereocenters. The van der Waals surface area contributed by atoms with Crippen LogP contribution in [0.2, 0.25) is 0 Å². The molecule has 13 heavy (non-hydrogen) atoms. The Labute approximate surface area is 82.0 Å². The highest BCUT2D eigenvalue weighted by atomic mass is 14.6. The zero-order valence-electron chi connectivity index (χ0n) is 9.28. The molecular weight excluding hydrogens is 158 g/mol. The first-order valence-corrected chi connectivity index (χ1v) is 4.69. The van der Waals surface area contributed by atoms with Crippen LogP contribution < -0.4 is 5.73 Å². The highest BCUT2D eigenvalue weighted by molar-refractivity contribution is 5.47. The summed E-state index contributed by atoms with van der Waals surface area (Å²) in [4.78, 5) is 0. The Kier molecular flexibility index (Phi) is 4.71. The minimum absolute atomic E-state index is 0.0570. The van der Waals surface area contributed by atoms with Crippen LogP contribution >= 0.6 is 0 Å². The van der Waals surface area contributed by atoms with E-state index in [2.05, 4.69) is 33.9 Å². The van der Waals surface area contributed by atoms with Crippen LogP contribution in [0.5, 0.6) is 0 Å². The van der Waals surface area contributed by atoms with E-state index in [1.54, 1.807) is 0 Å². The lowest BCUT2D eigenvalue weighted by Gasteiger charge is -2.18. The normalized spacial score (nSPS) is 12.1. The van der Waals surface area contributed by atoms with Crippen LogP contribution in [0, 0.1) is 0 Å². The molecule has 0 rings (SSSR count). The Morgan fingerprint density at radius 1 is 1.23 bits per heavy atom. The highest BCUT2D eigenvalue weighted by Crippen LogP contribution is 2.23. The molecular formula is C12H21N. The van der Waals surface area contributed by atoms with Crippen molar-refractivity contribution in [3.63, 3.8) is 0 Å². The van der Waals surface area contributed by atoms with Crippen molar-refractivity contribution < 1.29 is 0 Å². The molecule has 0 saturated carbocycles. The molecule has 2 N–H and O–H groups in total. The molecule has 1 nitrogen and oxygen atoms in total. The largest absolute Gasteiger partial charge is 0.324 e. The van der Waals surface area contributed by atoms with Crippen molar-refractivity contribution in [2.24, 2.45) is 5.73 Å². The van der Waals surface area contributed by atoms with E-state index < -0.39 is 0 Å². The molecule has 0 fully saturated rings. The van der Waals surface area contributed by atoms with Gasteiger partial charge >= 0.3 is 0 Å². The van der Waals surface area contributed by atoms with E-state index in [4.69, 9.17) is 5.73 Å². The third kappa shape index (κ3) is 3.19. The zero-order valence-corrected chi connectivity index (χ0v) is 9.28. The molecule has 0 aliphatic carbocycles. The minimum atomic E-state index is 0.0570. The molecule has 0 spiro atoms. The Morgan fingerprint density at radius 2 is 1.69 bits per heavy atom. The maximum atomic E-state index is 5.92. The van der Waals surface area contributed by atoms with E-state index in [1.165, 1.54) is 5.57 Å². The molecule has 0 bridgehead atoms. The molecule has 0 aliphatic heterocycles. The molecule has 74 valence electrons. The molecule has 0 saturated heterocycles. The number of allylic oxidation sites excluding steroid dienone is 2. The highest BCUT2D eigenvalue weighted by Gasteiger charge is 2.11. The SMILES string of the molecule is C=C(C)C(C(=C)C(N)CC)=C(C)C. The standard InChI is InChI=1S/C12H21N/c1-7-11(13)10(6)12(8(2)3)9(4)5/h11H,2,6-7,13H2,1,3-5H3. The third-order valence-electron chi connectivity index (χ3n) is 2.14. The van der Waals surface area contributed by atoms with Crippen LogP contribution in [-0.4, -0.2) is 6.04 Å². The lowest BCUT2D eigenvalue weighted by atomic mass is 9.91. The minimum Gasteiger partial charge on any atom is -0.324 e. The van der Waals surface area contributed by atoms with Gasteiger partial charge in [0.25, 0.3) is 0 Å². The molecule has 0 amide bonds. The number of nitrogens with two attached hydrogens (primary N) is 1. The summed E-state index contributed by atoms with van der Waals surface area (Å²) in [5.41, 5.74) is 10.4. The van der Waals surface area contributed by atoms with Crippen LogP contribution in [-0.2, 0) is 0 Å². The van der Waals surface area contributed by atoms with Crippen molar-refractivity contribution >= 4 is 0 Å². The first kappa shape index (κ1) is 12.2. The van der Waals surface area contributed by atoms with Crippen molar-refractivity contribution in [2.45, 2.75) is 40.2 Å². The molecule has 1 heteroatoms. The van der Waals surface area contributed by atoms with E-state index in [-0.39, 0.29) is 6.04 Å². The van der Waals surface area contributed by atoms with Crippen molar-refractivity contribution in [1.82, 2.24) is 0 Å². The summed E-state index contributed by atoms with van der Waals surface area (Å²) in [6, 6.07) is 0.0570. The molecule has 0 aliphatic rings. The monoisotopic (exact) mass is 179 g/mol. The third-order valence-corrected chi connectivity index (χ3v) is 2.14. The maximum absolute atomic E-state index is 5.92. The van der Waals surface area contributed by atoms with Crippen LogP contribution in [0.15, 0.2) is 35.5 Å². The van der Waals surface area contributed by atoms with Crippen molar-refractivity contribution in [3.8, 4) is 0 Å². The fourth-order valence-electron chi connectivity index (χ4n) is 1.45. The van der Waals surface area contributed by atoms with Crippen LogP contribution in [0.4, 0.5) is 0 Å². The van der Waals surface area contributed by atoms with Gasteiger partial charge in [0, 0.05) is 6.04 Å². The summed E-state index contributed by atoms with van der Waals surface area (Å²) in [5, 5.41) is 0. The number of hydrogen-bond donors (Lipinski definition) is 1. The van der Waals surface area contributed by atoms with Crippen LogP contribution in [0.1, 0.15) is 34.1 Å². The van der Waals surface area contributed by atoms with Gasteiger partial charge in [0.05, 0.1) is 0 Å². The second-order valence-electron chi connectivity index (χ2n) is 3.70. The number of hydrogen-bond acceptors (Lipinski definition) is 1. The van der Waals surface area contributed by atoms with Gasteiger partial charge in [0.2, 0.25) is 0 Å². The topological polar surface area (TPSA) is 26.0 Å². The summed E-state index contributed by atoms with van der Waals surface area (Å²) in [6.07, 6.45) is 0.920. The van der Waals surface area contributed by atoms with Gasteiger partial charge in [0.1, 0.15) is 0 Å². The van der Waals surface area contributed by atoms with Crippen molar-refractivity contribution in [3.05, 3.63) is 35.5 Å². The van der Waals surface area contributed by atoms with Crippen molar-refractivity contribution in [2.75, 3.05) is 0 Å². The Balaban J connectivity index is 4.91. The molecule has 0 aromatic carbocycles. The van der Waals surface area contributed by atoms with Gasteiger partial charge in [-0.05, 0) is 38.3 Å². The van der Waals surface area contributed by atoms with Gasteiger partial charge in [-0.2, -0.15) is 0 Å². The van der Waals surface area contributed by atoms with E-state index in [1.807, 2.05) is 6.92 Å². The Bertz CT molecular complexity index is 242. The molecule has 0 aromatic heterocycles. The van der Waals surface area contributed by atoms with E-state index >= 15 is 0 Å².